The Labute approximate surface area is 170 Å². The fourth-order valence-electron chi connectivity index (χ4n) is 3.05. The summed E-state index contributed by atoms with van der Waals surface area (Å²) in [6, 6.07) is 10.7. The number of carbonyl (C=O) groups excluding carboxylic acids is 1. The Morgan fingerprint density at radius 3 is 2.59 bits per heavy atom. The van der Waals surface area contributed by atoms with Crippen LogP contribution in [-0.2, 0) is 14.8 Å². The van der Waals surface area contributed by atoms with E-state index < -0.39 is 22.0 Å². The first kappa shape index (κ1) is 20.8. The fourth-order valence-corrected chi connectivity index (χ4v) is 4.22. The lowest BCUT2D eigenvalue weighted by molar-refractivity contribution is -0.116. The van der Waals surface area contributed by atoms with E-state index in [0.29, 0.717) is 48.4 Å². The third-order valence-corrected chi connectivity index (χ3v) is 5.52. The van der Waals surface area contributed by atoms with Gasteiger partial charge in [-0.1, -0.05) is 6.07 Å². The van der Waals surface area contributed by atoms with Crippen molar-refractivity contribution in [3.05, 3.63) is 42.5 Å². The lowest BCUT2D eigenvalue weighted by Crippen LogP contribution is -2.45. The van der Waals surface area contributed by atoms with Gasteiger partial charge in [-0.3, -0.25) is 9.10 Å². The van der Waals surface area contributed by atoms with Crippen LogP contribution in [0.25, 0.3) is 0 Å². The van der Waals surface area contributed by atoms with Crippen LogP contribution in [0.4, 0.5) is 11.4 Å². The van der Waals surface area contributed by atoms with E-state index in [0.717, 1.165) is 10.6 Å². The molecule has 1 amide bonds. The van der Waals surface area contributed by atoms with Crippen LogP contribution in [-0.4, -0.2) is 46.4 Å². The molecule has 0 saturated heterocycles. The van der Waals surface area contributed by atoms with E-state index in [-0.39, 0.29) is 0 Å². The summed E-state index contributed by atoms with van der Waals surface area (Å²) in [5.41, 5.74) is 0.839. The Morgan fingerprint density at radius 2 is 1.90 bits per heavy atom. The highest BCUT2D eigenvalue weighted by Crippen LogP contribution is 2.35. The highest BCUT2D eigenvalue weighted by molar-refractivity contribution is 7.92. The van der Waals surface area contributed by atoms with Crippen LogP contribution in [0.2, 0.25) is 0 Å². The van der Waals surface area contributed by atoms with Crippen LogP contribution in [0.3, 0.4) is 0 Å². The van der Waals surface area contributed by atoms with Crippen molar-refractivity contribution in [3.63, 3.8) is 0 Å². The van der Waals surface area contributed by atoms with Crippen LogP contribution < -0.4 is 23.8 Å². The number of carbonyl (C=O) groups is 1. The lowest BCUT2D eigenvalue weighted by Gasteiger charge is -2.29. The minimum Gasteiger partial charge on any atom is -0.494 e. The fraction of sp³-hybridized carbons (Fsp3) is 0.350. The largest absolute Gasteiger partial charge is 0.494 e. The standard InChI is InChI=1S/C20H24N2O6S/c1-4-26-17-7-5-6-15(12-17)21-20(23)14(2)22(29(3,24)25)16-8-9-18-19(13-16)28-11-10-27-18/h5-9,12-14H,4,10-11H2,1-3H3,(H,21,23)/t14-/m1/s1. The normalized spacial score (nSPS) is 14.0. The average Bonchev–Trinajstić information content (AvgIpc) is 2.67. The predicted octanol–water partition coefficient (Wildman–Crippen LogP) is 2.65. The number of ether oxygens (including phenoxy) is 3. The van der Waals surface area contributed by atoms with Gasteiger partial charge < -0.3 is 19.5 Å². The molecule has 29 heavy (non-hydrogen) atoms. The summed E-state index contributed by atoms with van der Waals surface area (Å²) >= 11 is 0. The molecule has 0 aliphatic carbocycles. The minimum absolute atomic E-state index is 0.322. The van der Waals surface area contributed by atoms with Gasteiger partial charge in [0.25, 0.3) is 0 Å². The highest BCUT2D eigenvalue weighted by Gasteiger charge is 2.30. The van der Waals surface area contributed by atoms with Crippen LogP contribution in [0.1, 0.15) is 13.8 Å². The molecular formula is C20H24N2O6S. The summed E-state index contributed by atoms with van der Waals surface area (Å²) in [6.07, 6.45) is 1.06. The van der Waals surface area contributed by atoms with E-state index >= 15 is 0 Å². The molecule has 0 unspecified atom stereocenters. The first-order valence-electron chi connectivity index (χ1n) is 9.22. The van der Waals surface area contributed by atoms with Gasteiger partial charge in [-0.2, -0.15) is 0 Å². The summed E-state index contributed by atoms with van der Waals surface area (Å²) in [5, 5.41) is 2.74. The van der Waals surface area contributed by atoms with Crippen molar-refractivity contribution < 1.29 is 27.4 Å². The third kappa shape index (κ3) is 4.92. The molecule has 1 N–H and O–H groups in total. The number of hydrogen-bond acceptors (Lipinski definition) is 6. The molecule has 1 aliphatic rings. The van der Waals surface area contributed by atoms with Crippen molar-refractivity contribution in [3.8, 4) is 17.2 Å². The van der Waals surface area contributed by atoms with E-state index in [1.165, 1.54) is 6.92 Å². The van der Waals surface area contributed by atoms with Crippen molar-refractivity contribution in [2.75, 3.05) is 35.7 Å². The molecule has 0 spiro atoms. The second kappa shape index (κ2) is 8.60. The molecule has 2 aromatic carbocycles. The van der Waals surface area contributed by atoms with Crippen LogP contribution in [0.5, 0.6) is 17.2 Å². The zero-order chi connectivity index (χ0) is 21.0. The Kier molecular flexibility index (Phi) is 6.17. The molecular weight excluding hydrogens is 396 g/mol. The van der Waals surface area contributed by atoms with Crippen LogP contribution in [0, 0.1) is 0 Å². The summed E-state index contributed by atoms with van der Waals surface area (Å²) in [5.74, 6) is 1.13. The molecule has 1 heterocycles. The average molecular weight is 420 g/mol. The molecule has 0 saturated carbocycles. The van der Waals surface area contributed by atoms with Crippen molar-refractivity contribution in [1.29, 1.82) is 0 Å². The molecule has 0 bridgehead atoms. The maximum absolute atomic E-state index is 12.8. The number of benzene rings is 2. The van der Waals surface area contributed by atoms with E-state index in [9.17, 15) is 13.2 Å². The molecule has 8 nitrogen and oxygen atoms in total. The van der Waals surface area contributed by atoms with Gasteiger partial charge in [0.1, 0.15) is 25.0 Å². The van der Waals surface area contributed by atoms with Crippen molar-refractivity contribution >= 4 is 27.3 Å². The Balaban J connectivity index is 1.85. The molecule has 1 aliphatic heterocycles. The van der Waals surface area contributed by atoms with Crippen molar-refractivity contribution in [2.24, 2.45) is 0 Å². The summed E-state index contributed by atoms with van der Waals surface area (Å²) in [6.45, 7) is 4.70. The summed E-state index contributed by atoms with van der Waals surface area (Å²) in [4.78, 5) is 12.8. The number of fused-ring (bicyclic) bond motifs is 1. The third-order valence-electron chi connectivity index (χ3n) is 4.28. The Bertz CT molecular complexity index is 992. The molecule has 0 radical (unpaired) electrons. The predicted molar refractivity (Wildman–Crippen MR) is 110 cm³/mol. The number of amides is 1. The molecule has 0 fully saturated rings. The van der Waals surface area contributed by atoms with Crippen molar-refractivity contribution in [1.82, 2.24) is 0 Å². The van der Waals surface area contributed by atoms with Crippen LogP contribution >= 0.6 is 0 Å². The topological polar surface area (TPSA) is 94.2 Å². The molecule has 0 aromatic heterocycles. The zero-order valence-corrected chi connectivity index (χ0v) is 17.4. The smallest absolute Gasteiger partial charge is 0.247 e. The SMILES string of the molecule is CCOc1cccc(NC(=O)[C@@H](C)N(c2ccc3c(c2)OCCO3)S(C)(=O)=O)c1. The summed E-state index contributed by atoms with van der Waals surface area (Å²) in [7, 11) is -3.75. The van der Waals surface area contributed by atoms with E-state index in [1.807, 2.05) is 6.92 Å². The first-order chi connectivity index (χ1) is 13.8. The number of sulfonamides is 1. The summed E-state index contributed by atoms with van der Waals surface area (Å²) < 4.78 is 42.5. The molecule has 3 rings (SSSR count). The molecule has 156 valence electrons. The van der Waals surface area contributed by atoms with Gasteiger partial charge in [-0.15, -0.1) is 0 Å². The monoisotopic (exact) mass is 420 g/mol. The number of rotatable bonds is 7. The zero-order valence-electron chi connectivity index (χ0n) is 16.5. The molecule has 1 atom stereocenters. The maximum Gasteiger partial charge on any atom is 0.247 e. The molecule has 9 heteroatoms. The Morgan fingerprint density at radius 1 is 1.17 bits per heavy atom. The second-order valence-electron chi connectivity index (χ2n) is 6.51. The van der Waals surface area contributed by atoms with Gasteiger partial charge in [0, 0.05) is 17.8 Å². The highest BCUT2D eigenvalue weighted by atomic mass is 32.2. The van der Waals surface area contributed by atoms with Crippen LogP contribution in [0.15, 0.2) is 42.5 Å². The minimum atomic E-state index is -3.75. The van der Waals surface area contributed by atoms with Gasteiger partial charge in [0.05, 0.1) is 18.6 Å². The van der Waals surface area contributed by atoms with E-state index in [1.54, 1.807) is 42.5 Å². The van der Waals surface area contributed by atoms with E-state index in [4.69, 9.17) is 14.2 Å². The van der Waals surface area contributed by atoms with Gasteiger partial charge in [0.15, 0.2) is 11.5 Å². The van der Waals surface area contributed by atoms with Gasteiger partial charge >= 0.3 is 0 Å². The van der Waals surface area contributed by atoms with E-state index in [2.05, 4.69) is 5.32 Å². The quantitative estimate of drug-likeness (QED) is 0.740. The molecule has 2 aromatic rings. The number of anilines is 2. The lowest BCUT2D eigenvalue weighted by atomic mass is 10.2. The van der Waals surface area contributed by atoms with Gasteiger partial charge in [0.2, 0.25) is 15.9 Å². The van der Waals surface area contributed by atoms with Gasteiger partial charge in [-0.05, 0) is 38.1 Å². The Hall–Kier alpha value is -2.94. The number of nitrogens with zero attached hydrogens (tertiary/aromatic N) is 1. The van der Waals surface area contributed by atoms with Gasteiger partial charge in [-0.25, -0.2) is 8.42 Å². The van der Waals surface area contributed by atoms with Crippen molar-refractivity contribution in [2.45, 2.75) is 19.9 Å². The number of nitrogens with one attached hydrogen (secondary N) is 1. The first-order valence-corrected chi connectivity index (χ1v) is 11.1. The maximum atomic E-state index is 12.8. The number of hydrogen-bond donors (Lipinski definition) is 1. The second-order valence-corrected chi connectivity index (χ2v) is 8.37.